The first-order valence-electron chi connectivity index (χ1n) is 8.03. The molecule has 0 bridgehead atoms. The van der Waals surface area contributed by atoms with Crippen LogP contribution in [0.1, 0.15) is 39.7 Å². The highest BCUT2D eigenvalue weighted by atomic mass is 16.6. The monoisotopic (exact) mass is 337 g/mol. The molecule has 0 aliphatic carbocycles. The minimum Gasteiger partial charge on any atom is -0.481 e. The molecule has 6 nitrogen and oxygen atoms in total. The Morgan fingerprint density at radius 3 is 2.29 bits per heavy atom. The Morgan fingerprint density at radius 2 is 1.79 bits per heavy atom. The summed E-state index contributed by atoms with van der Waals surface area (Å²) in [6.45, 7) is 6.78. The zero-order valence-corrected chi connectivity index (χ0v) is 14.7. The van der Waals surface area contributed by atoms with Gasteiger partial charge in [0.25, 0.3) is 0 Å². The van der Waals surface area contributed by atoms with E-state index >= 15 is 0 Å². The number of aliphatic carboxylic acids is 1. The van der Waals surface area contributed by atoms with Gasteiger partial charge in [-0.1, -0.05) is 37.3 Å². The van der Waals surface area contributed by atoms with Gasteiger partial charge in [0.1, 0.15) is 5.60 Å². The molecule has 3 N–H and O–H groups in total. The molecule has 0 radical (unpaired) electrons. The number of benzene rings is 1. The second-order valence-corrected chi connectivity index (χ2v) is 6.98. The van der Waals surface area contributed by atoms with E-state index in [1.165, 1.54) is 6.92 Å². The van der Waals surface area contributed by atoms with Crippen molar-refractivity contribution in [1.82, 2.24) is 5.32 Å². The van der Waals surface area contributed by atoms with Crippen molar-refractivity contribution in [3.8, 4) is 0 Å². The molecule has 0 aliphatic rings. The predicted molar refractivity (Wildman–Crippen MR) is 90.7 cm³/mol. The number of alkyl carbamates (subject to hydrolysis) is 1. The quantitative estimate of drug-likeness (QED) is 0.711. The number of hydrogen-bond acceptors (Lipinski definition) is 4. The molecule has 0 heterocycles. The molecule has 6 heteroatoms. The van der Waals surface area contributed by atoms with E-state index in [4.69, 9.17) is 9.84 Å². The van der Waals surface area contributed by atoms with Crippen molar-refractivity contribution in [3.63, 3.8) is 0 Å². The summed E-state index contributed by atoms with van der Waals surface area (Å²) >= 11 is 0. The molecule has 0 saturated heterocycles. The number of aliphatic hydroxyl groups excluding tert-OH is 1. The third-order valence-electron chi connectivity index (χ3n) is 3.48. The molecule has 134 valence electrons. The number of aliphatic hydroxyl groups is 1. The average Bonchev–Trinajstić information content (AvgIpc) is 2.45. The van der Waals surface area contributed by atoms with Crippen molar-refractivity contribution in [2.75, 3.05) is 0 Å². The lowest BCUT2D eigenvalue weighted by Gasteiger charge is -2.27. The summed E-state index contributed by atoms with van der Waals surface area (Å²) in [5, 5.41) is 22.1. The lowest BCUT2D eigenvalue weighted by molar-refractivity contribution is -0.142. The largest absolute Gasteiger partial charge is 0.481 e. The highest BCUT2D eigenvalue weighted by Gasteiger charge is 2.27. The summed E-state index contributed by atoms with van der Waals surface area (Å²) in [4.78, 5) is 23.0. The molecular formula is C18H27NO5. The van der Waals surface area contributed by atoms with Crippen molar-refractivity contribution in [2.24, 2.45) is 5.92 Å². The Labute approximate surface area is 142 Å². The summed E-state index contributed by atoms with van der Waals surface area (Å²) in [5.74, 6) is -1.69. The van der Waals surface area contributed by atoms with E-state index in [1.807, 2.05) is 30.3 Å². The highest BCUT2D eigenvalue weighted by molar-refractivity contribution is 5.70. The summed E-state index contributed by atoms with van der Waals surface area (Å²) in [6, 6.07) is 8.75. The van der Waals surface area contributed by atoms with Crippen LogP contribution in [0.4, 0.5) is 4.79 Å². The number of nitrogens with one attached hydrogen (secondary N) is 1. The number of ether oxygens (including phenoxy) is 1. The zero-order valence-electron chi connectivity index (χ0n) is 14.7. The molecule has 1 aromatic rings. The van der Waals surface area contributed by atoms with Crippen molar-refractivity contribution in [2.45, 2.75) is 58.3 Å². The van der Waals surface area contributed by atoms with Crippen LogP contribution in [0.15, 0.2) is 30.3 Å². The second-order valence-electron chi connectivity index (χ2n) is 6.98. The van der Waals surface area contributed by atoms with Crippen molar-refractivity contribution in [3.05, 3.63) is 35.9 Å². The van der Waals surface area contributed by atoms with Gasteiger partial charge in [0, 0.05) is 0 Å². The fraction of sp³-hybridized carbons (Fsp3) is 0.556. The van der Waals surface area contributed by atoms with Crippen LogP contribution >= 0.6 is 0 Å². The van der Waals surface area contributed by atoms with Gasteiger partial charge in [-0.3, -0.25) is 4.79 Å². The maximum absolute atomic E-state index is 12.0. The number of carbonyl (C=O) groups excluding carboxylic acids is 1. The maximum atomic E-state index is 12.0. The Hall–Kier alpha value is -2.08. The standard InChI is InChI=1S/C18H27NO5/c1-12(16(21)22)10-15(20)14(11-13-8-6-5-7-9-13)19-17(23)24-18(2,3)4/h5-9,12,14-15,20H,10-11H2,1-4H3,(H,19,23)(H,21,22)/t12-,14+,15+/m1/s1. The zero-order chi connectivity index (χ0) is 18.3. The molecular weight excluding hydrogens is 310 g/mol. The number of carbonyl (C=O) groups is 2. The average molecular weight is 337 g/mol. The number of rotatable bonds is 7. The van der Waals surface area contributed by atoms with Gasteiger partial charge in [-0.15, -0.1) is 0 Å². The first kappa shape index (κ1) is 20.0. The number of carboxylic acid groups (broad SMARTS) is 1. The Bertz CT molecular complexity index is 538. The van der Waals surface area contributed by atoms with Gasteiger partial charge in [0.05, 0.1) is 18.1 Å². The van der Waals surface area contributed by atoms with Crippen molar-refractivity contribution >= 4 is 12.1 Å². The highest BCUT2D eigenvalue weighted by Crippen LogP contribution is 2.15. The van der Waals surface area contributed by atoms with Crippen molar-refractivity contribution in [1.29, 1.82) is 0 Å². The van der Waals surface area contributed by atoms with E-state index < -0.39 is 35.7 Å². The van der Waals surface area contributed by atoms with Crippen LogP contribution in [0.2, 0.25) is 0 Å². The van der Waals surface area contributed by atoms with Crippen LogP contribution in [0.25, 0.3) is 0 Å². The van der Waals surface area contributed by atoms with Crippen LogP contribution in [0.3, 0.4) is 0 Å². The van der Waals surface area contributed by atoms with E-state index in [-0.39, 0.29) is 6.42 Å². The van der Waals surface area contributed by atoms with E-state index in [1.54, 1.807) is 20.8 Å². The van der Waals surface area contributed by atoms with Crippen molar-refractivity contribution < 1.29 is 24.5 Å². The molecule has 0 fully saturated rings. The molecule has 0 saturated carbocycles. The smallest absolute Gasteiger partial charge is 0.407 e. The molecule has 0 spiro atoms. The van der Waals surface area contributed by atoms with Crippen LogP contribution in [-0.2, 0) is 16.0 Å². The Balaban J connectivity index is 2.82. The summed E-state index contributed by atoms with van der Waals surface area (Å²) in [6.07, 6.45) is -1.20. The normalized spacial score (nSPS) is 15.2. The second kappa shape index (κ2) is 8.68. The van der Waals surface area contributed by atoms with Gasteiger partial charge in [0.15, 0.2) is 0 Å². The molecule has 1 aromatic carbocycles. The fourth-order valence-corrected chi connectivity index (χ4v) is 2.24. The Morgan fingerprint density at radius 1 is 1.21 bits per heavy atom. The van der Waals surface area contributed by atoms with Gasteiger partial charge in [-0.2, -0.15) is 0 Å². The maximum Gasteiger partial charge on any atom is 0.407 e. The minimum atomic E-state index is -0.996. The van der Waals surface area contributed by atoms with E-state index in [0.717, 1.165) is 5.56 Å². The third-order valence-corrected chi connectivity index (χ3v) is 3.48. The fourth-order valence-electron chi connectivity index (χ4n) is 2.24. The Kier molecular flexibility index (Phi) is 7.22. The van der Waals surface area contributed by atoms with Crippen LogP contribution in [0.5, 0.6) is 0 Å². The van der Waals surface area contributed by atoms with Gasteiger partial charge < -0.3 is 20.3 Å². The molecule has 1 rings (SSSR count). The van der Waals surface area contributed by atoms with E-state index in [2.05, 4.69) is 5.32 Å². The number of amides is 1. The molecule has 24 heavy (non-hydrogen) atoms. The third kappa shape index (κ3) is 7.46. The minimum absolute atomic E-state index is 0.0443. The van der Waals surface area contributed by atoms with Gasteiger partial charge in [0.2, 0.25) is 0 Å². The van der Waals surface area contributed by atoms with Gasteiger partial charge in [-0.25, -0.2) is 4.79 Å². The van der Waals surface area contributed by atoms with Gasteiger partial charge in [-0.05, 0) is 39.2 Å². The van der Waals surface area contributed by atoms with Gasteiger partial charge >= 0.3 is 12.1 Å². The summed E-state index contributed by atoms with van der Waals surface area (Å²) < 4.78 is 5.23. The summed E-state index contributed by atoms with van der Waals surface area (Å²) in [5.41, 5.74) is 0.279. The van der Waals surface area contributed by atoms with Crippen LogP contribution in [-0.4, -0.2) is 40.0 Å². The SMILES string of the molecule is C[C@H](C[C@H](O)[C@H](Cc1ccccc1)NC(=O)OC(C)(C)C)C(=O)O. The predicted octanol–water partition coefficient (Wildman–Crippen LogP) is 2.59. The number of hydrogen-bond donors (Lipinski definition) is 3. The molecule has 0 aliphatic heterocycles. The molecule has 3 atom stereocenters. The number of carboxylic acids is 1. The molecule has 0 aromatic heterocycles. The first-order valence-corrected chi connectivity index (χ1v) is 8.03. The summed E-state index contributed by atoms with van der Waals surface area (Å²) in [7, 11) is 0. The first-order chi connectivity index (χ1) is 11.1. The molecule has 1 amide bonds. The van der Waals surface area contributed by atoms with Crippen LogP contribution in [0, 0.1) is 5.92 Å². The molecule has 0 unspecified atom stereocenters. The van der Waals surface area contributed by atoms with E-state index in [9.17, 15) is 14.7 Å². The lowest BCUT2D eigenvalue weighted by atomic mass is 9.94. The topological polar surface area (TPSA) is 95.9 Å². The van der Waals surface area contributed by atoms with Crippen LogP contribution < -0.4 is 5.32 Å². The van der Waals surface area contributed by atoms with E-state index in [0.29, 0.717) is 6.42 Å². The lowest BCUT2D eigenvalue weighted by Crippen LogP contribution is -2.47.